The fraction of sp³-hybridized carbons (Fsp3) is 0.111. The second-order valence-corrected chi connectivity index (χ2v) is 3.64. The van der Waals surface area contributed by atoms with Crippen LogP contribution in [0.25, 0.3) is 10.7 Å². The van der Waals surface area contributed by atoms with Crippen molar-refractivity contribution < 1.29 is 4.79 Å². The number of rotatable bonds is 2. The minimum atomic E-state index is 0.489. The highest BCUT2D eigenvalue weighted by Crippen LogP contribution is 2.22. The van der Waals surface area contributed by atoms with E-state index in [-0.39, 0.29) is 0 Å². The number of carbonyl (C=O) groups is 1. The molecule has 0 saturated carbocycles. The Kier molecular flexibility index (Phi) is 1.98. The number of hydrogen-bond acceptors (Lipinski definition) is 3. The number of H-pyrrole nitrogens is 1. The Labute approximate surface area is 79.4 Å². The van der Waals surface area contributed by atoms with Crippen molar-refractivity contribution in [1.29, 1.82) is 0 Å². The van der Waals surface area contributed by atoms with E-state index >= 15 is 0 Å². The lowest BCUT2D eigenvalue weighted by Crippen LogP contribution is -1.81. The van der Waals surface area contributed by atoms with Crippen molar-refractivity contribution >= 4 is 17.6 Å². The van der Waals surface area contributed by atoms with Gasteiger partial charge in [0.1, 0.15) is 11.5 Å². The van der Waals surface area contributed by atoms with Crippen LogP contribution in [-0.4, -0.2) is 16.3 Å². The molecule has 2 aromatic rings. The van der Waals surface area contributed by atoms with Gasteiger partial charge in [-0.1, -0.05) is 6.07 Å². The Bertz CT molecular complexity index is 417. The summed E-state index contributed by atoms with van der Waals surface area (Å²) in [7, 11) is 0. The maximum absolute atomic E-state index is 10.5. The smallest absolute Gasteiger partial charge is 0.170 e. The topological polar surface area (TPSA) is 45.8 Å². The number of hydrogen-bond donors (Lipinski definition) is 1. The molecule has 3 nitrogen and oxygen atoms in total. The first-order chi connectivity index (χ1) is 6.31. The first-order valence-corrected chi connectivity index (χ1v) is 4.75. The molecule has 0 aliphatic heterocycles. The van der Waals surface area contributed by atoms with Gasteiger partial charge >= 0.3 is 0 Å². The van der Waals surface area contributed by atoms with Gasteiger partial charge < -0.3 is 4.98 Å². The molecule has 0 spiro atoms. The number of nitrogens with one attached hydrogen (secondary N) is 1. The first kappa shape index (κ1) is 8.19. The Hall–Kier alpha value is -1.42. The third kappa shape index (κ3) is 1.40. The molecule has 0 bridgehead atoms. The van der Waals surface area contributed by atoms with Gasteiger partial charge in [0.25, 0.3) is 0 Å². The van der Waals surface area contributed by atoms with Crippen molar-refractivity contribution in [1.82, 2.24) is 9.97 Å². The number of nitrogens with zero attached hydrogens (tertiary/aromatic N) is 1. The maximum Gasteiger partial charge on any atom is 0.170 e. The fourth-order valence-corrected chi connectivity index (χ4v) is 1.79. The highest BCUT2D eigenvalue weighted by molar-refractivity contribution is 7.13. The fourth-order valence-electron chi connectivity index (χ4n) is 1.12. The van der Waals surface area contributed by atoms with Crippen LogP contribution >= 0.6 is 11.3 Å². The van der Waals surface area contributed by atoms with E-state index in [0.29, 0.717) is 5.69 Å². The summed E-state index contributed by atoms with van der Waals surface area (Å²) in [6.07, 6.45) is 0.767. The van der Waals surface area contributed by atoms with E-state index in [2.05, 4.69) is 9.97 Å². The lowest BCUT2D eigenvalue weighted by molar-refractivity contribution is 0.111. The van der Waals surface area contributed by atoms with Crippen molar-refractivity contribution in [2.75, 3.05) is 0 Å². The molecule has 2 heterocycles. The minimum Gasteiger partial charge on any atom is -0.341 e. The predicted molar refractivity (Wildman–Crippen MR) is 52.0 cm³/mol. The largest absolute Gasteiger partial charge is 0.341 e. The number of aldehydes is 1. The Morgan fingerprint density at radius 2 is 2.46 bits per heavy atom. The monoisotopic (exact) mass is 192 g/mol. The van der Waals surface area contributed by atoms with Gasteiger partial charge in [0.05, 0.1) is 4.88 Å². The highest BCUT2D eigenvalue weighted by atomic mass is 32.1. The van der Waals surface area contributed by atoms with E-state index in [1.807, 2.05) is 24.4 Å². The van der Waals surface area contributed by atoms with Crippen LogP contribution in [0.15, 0.2) is 17.5 Å². The van der Waals surface area contributed by atoms with Gasteiger partial charge in [-0.3, -0.25) is 4.79 Å². The third-order valence-electron chi connectivity index (χ3n) is 1.79. The molecule has 4 heteroatoms. The SMILES string of the molecule is Cc1[nH]c(-c2cccs2)nc1C=O. The first-order valence-electron chi connectivity index (χ1n) is 3.87. The summed E-state index contributed by atoms with van der Waals surface area (Å²) in [5.74, 6) is 0.773. The number of aromatic nitrogens is 2. The second kappa shape index (κ2) is 3.14. The van der Waals surface area contributed by atoms with E-state index in [1.54, 1.807) is 11.3 Å². The molecule has 0 aromatic carbocycles. The highest BCUT2D eigenvalue weighted by Gasteiger charge is 2.07. The van der Waals surface area contributed by atoms with Crippen LogP contribution in [0.4, 0.5) is 0 Å². The molecule has 0 amide bonds. The van der Waals surface area contributed by atoms with Gasteiger partial charge in [0.15, 0.2) is 6.29 Å². The van der Waals surface area contributed by atoms with E-state index in [1.165, 1.54) is 0 Å². The standard InChI is InChI=1S/C9H8N2OS/c1-6-7(5-12)11-9(10-6)8-3-2-4-13-8/h2-5H,1H3,(H,10,11). The molecule has 0 atom stereocenters. The van der Waals surface area contributed by atoms with Crippen LogP contribution in [0.1, 0.15) is 16.2 Å². The quantitative estimate of drug-likeness (QED) is 0.742. The zero-order valence-corrected chi connectivity index (χ0v) is 7.89. The lowest BCUT2D eigenvalue weighted by atomic mass is 10.4. The van der Waals surface area contributed by atoms with Gasteiger partial charge in [-0.2, -0.15) is 0 Å². The molecule has 0 fully saturated rings. The zero-order chi connectivity index (χ0) is 9.26. The summed E-state index contributed by atoms with van der Waals surface area (Å²) in [5, 5.41) is 1.98. The predicted octanol–water partition coefficient (Wildman–Crippen LogP) is 2.26. The second-order valence-electron chi connectivity index (χ2n) is 2.69. The molecule has 2 aromatic heterocycles. The zero-order valence-electron chi connectivity index (χ0n) is 7.07. The molecule has 0 radical (unpaired) electrons. The van der Waals surface area contributed by atoms with Crippen molar-refractivity contribution in [2.45, 2.75) is 6.92 Å². The molecular formula is C9H8N2OS. The number of carbonyl (C=O) groups excluding carboxylic acids is 1. The Morgan fingerprint density at radius 1 is 1.62 bits per heavy atom. The van der Waals surface area contributed by atoms with Crippen molar-refractivity contribution in [3.8, 4) is 10.7 Å². The molecule has 0 aliphatic carbocycles. The normalized spacial score (nSPS) is 10.2. The summed E-state index contributed by atoms with van der Waals surface area (Å²) < 4.78 is 0. The molecule has 0 unspecified atom stereocenters. The minimum absolute atomic E-state index is 0.489. The van der Waals surface area contributed by atoms with E-state index in [4.69, 9.17) is 0 Å². The molecule has 13 heavy (non-hydrogen) atoms. The van der Waals surface area contributed by atoms with Crippen molar-refractivity contribution in [3.05, 3.63) is 28.9 Å². The average Bonchev–Trinajstić information content (AvgIpc) is 2.71. The molecule has 0 saturated heterocycles. The average molecular weight is 192 g/mol. The van der Waals surface area contributed by atoms with Crippen LogP contribution in [0.3, 0.4) is 0 Å². The van der Waals surface area contributed by atoms with Gasteiger partial charge in [-0.25, -0.2) is 4.98 Å². The van der Waals surface area contributed by atoms with E-state index < -0.39 is 0 Å². The van der Waals surface area contributed by atoms with Crippen molar-refractivity contribution in [3.63, 3.8) is 0 Å². The lowest BCUT2D eigenvalue weighted by Gasteiger charge is -1.86. The summed E-state index contributed by atoms with van der Waals surface area (Å²) in [5.41, 5.74) is 1.31. The van der Waals surface area contributed by atoms with Crippen LogP contribution < -0.4 is 0 Å². The Morgan fingerprint density at radius 3 is 3.00 bits per heavy atom. The summed E-state index contributed by atoms with van der Waals surface area (Å²) in [4.78, 5) is 18.8. The van der Waals surface area contributed by atoms with Gasteiger partial charge in [-0.15, -0.1) is 11.3 Å². The number of aryl methyl sites for hydroxylation is 1. The molecule has 1 N–H and O–H groups in total. The Balaban J connectivity index is 2.48. The molecule has 2 rings (SSSR count). The number of thiophene rings is 1. The van der Waals surface area contributed by atoms with E-state index in [0.717, 1.165) is 22.7 Å². The van der Waals surface area contributed by atoms with Crippen LogP contribution in [0, 0.1) is 6.92 Å². The third-order valence-corrected chi connectivity index (χ3v) is 2.67. The molecule has 66 valence electrons. The number of imidazole rings is 1. The summed E-state index contributed by atoms with van der Waals surface area (Å²) in [6, 6.07) is 3.93. The number of aromatic amines is 1. The van der Waals surface area contributed by atoms with Crippen LogP contribution in [-0.2, 0) is 0 Å². The van der Waals surface area contributed by atoms with Gasteiger partial charge in [-0.05, 0) is 18.4 Å². The summed E-state index contributed by atoms with van der Waals surface area (Å²) >= 11 is 1.60. The maximum atomic E-state index is 10.5. The van der Waals surface area contributed by atoms with E-state index in [9.17, 15) is 4.79 Å². The molecule has 0 aliphatic rings. The van der Waals surface area contributed by atoms with Crippen molar-refractivity contribution in [2.24, 2.45) is 0 Å². The van der Waals surface area contributed by atoms with Crippen LogP contribution in [0.5, 0.6) is 0 Å². The van der Waals surface area contributed by atoms with Crippen LogP contribution in [0.2, 0.25) is 0 Å². The van der Waals surface area contributed by atoms with Gasteiger partial charge in [0, 0.05) is 5.69 Å². The van der Waals surface area contributed by atoms with Gasteiger partial charge in [0.2, 0.25) is 0 Å². The molecular weight excluding hydrogens is 184 g/mol. The summed E-state index contributed by atoms with van der Waals surface area (Å²) in [6.45, 7) is 1.84.